The van der Waals surface area contributed by atoms with Gasteiger partial charge in [0.1, 0.15) is 18.0 Å². The number of aryl methyl sites for hydroxylation is 4. The van der Waals surface area contributed by atoms with Gasteiger partial charge in [-0.05, 0) is 48.9 Å². The molecule has 0 amide bonds. The van der Waals surface area contributed by atoms with E-state index in [1.807, 2.05) is 46.0 Å². The zero-order chi connectivity index (χ0) is 18.8. The molecule has 0 unspecified atom stereocenters. The molecule has 0 aliphatic heterocycles. The molecule has 0 aliphatic carbocycles. The Morgan fingerprint density at radius 1 is 1.19 bits per heavy atom. The summed E-state index contributed by atoms with van der Waals surface area (Å²) < 4.78 is 4.22. The third-order valence-corrected chi connectivity index (χ3v) is 4.23. The number of hydrogen-bond donors (Lipinski definition) is 0. The van der Waals surface area contributed by atoms with Crippen molar-refractivity contribution in [2.24, 2.45) is 19.3 Å². The summed E-state index contributed by atoms with van der Waals surface area (Å²) in [5.41, 5.74) is 4.59. The Balaban J connectivity index is 1.85. The second kappa shape index (κ2) is 6.95. The highest BCUT2D eigenvalue weighted by Crippen LogP contribution is 2.18. The van der Waals surface area contributed by atoms with Crippen molar-refractivity contribution in [2.75, 3.05) is 0 Å². The molecule has 2 heterocycles. The minimum atomic E-state index is -0.319. The maximum atomic E-state index is 12.2. The third-order valence-electron chi connectivity index (χ3n) is 4.23. The van der Waals surface area contributed by atoms with E-state index < -0.39 is 0 Å². The lowest BCUT2D eigenvalue weighted by Gasteiger charge is -2.10. The van der Waals surface area contributed by atoms with Gasteiger partial charge in [-0.3, -0.25) is 4.68 Å². The molecule has 26 heavy (non-hydrogen) atoms. The molecular weight excluding hydrogens is 334 g/mol. The van der Waals surface area contributed by atoms with E-state index in [-0.39, 0.29) is 12.3 Å². The minimum absolute atomic E-state index is 0.203. The average Bonchev–Trinajstić information content (AvgIpc) is 3.12. The molecule has 1 aromatic carbocycles. The van der Waals surface area contributed by atoms with Crippen molar-refractivity contribution in [3.05, 3.63) is 57.3 Å². The Bertz CT molecular complexity index is 1010. The monoisotopic (exact) mass is 355 g/mol. The summed E-state index contributed by atoms with van der Waals surface area (Å²) in [4.78, 5) is 17.7. The van der Waals surface area contributed by atoms with Crippen molar-refractivity contribution in [3.63, 3.8) is 0 Å². The SMILES string of the molecule is CC(=NOCc1c(C)cccc1-n1nnn(C)c1=O)c1cc(C)n(C)n1. The summed E-state index contributed by atoms with van der Waals surface area (Å²) in [6.07, 6.45) is 0. The molecule has 0 radical (unpaired) electrons. The van der Waals surface area contributed by atoms with Crippen LogP contribution < -0.4 is 5.69 Å². The molecule has 9 nitrogen and oxygen atoms in total. The molecule has 0 saturated heterocycles. The van der Waals surface area contributed by atoms with Gasteiger partial charge in [0.2, 0.25) is 0 Å². The predicted molar refractivity (Wildman–Crippen MR) is 96.3 cm³/mol. The van der Waals surface area contributed by atoms with Crippen LogP contribution in [-0.4, -0.2) is 35.3 Å². The van der Waals surface area contributed by atoms with Crippen LogP contribution in [0.25, 0.3) is 5.69 Å². The van der Waals surface area contributed by atoms with Crippen molar-refractivity contribution in [2.45, 2.75) is 27.4 Å². The number of oxime groups is 1. The van der Waals surface area contributed by atoms with Gasteiger partial charge in [0.05, 0.1) is 5.69 Å². The lowest BCUT2D eigenvalue weighted by Crippen LogP contribution is -2.23. The topological polar surface area (TPSA) is 92.1 Å². The highest BCUT2D eigenvalue weighted by Gasteiger charge is 2.13. The Hall–Kier alpha value is -3.23. The van der Waals surface area contributed by atoms with E-state index in [0.29, 0.717) is 11.4 Å². The lowest BCUT2D eigenvalue weighted by atomic mass is 10.1. The fourth-order valence-corrected chi connectivity index (χ4v) is 2.52. The summed E-state index contributed by atoms with van der Waals surface area (Å²) in [5, 5.41) is 16.2. The number of aromatic nitrogens is 6. The first-order chi connectivity index (χ1) is 12.4. The Kier molecular flexibility index (Phi) is 4.70. The van der Waals surface area contributed by atoms with Crippen molar-refractivity contribution in [1.29, 1.82) is 0 Å². The maximum Gasteiger partial charge on any atom is 0.368 e. The van der Waals surface area contributed by atoms with Gasteiger partial charge in [0.15, 0.2) is 0 Å². The van der Waals surface area contributed by atoms with Crippen LogP contribution in [0.3, 0.4) is 0 Å². The largest absolute Gasteiger partial charge is 0.391 e. The van der Waals surface area contributed by atoms with Crippen LogP contribution in [0.2, 0.25) is 0 Å². The van der Waals surface area contributed by atoms with E-state index in [4.69, 9.17) is 4.84 Å². The number of tetrazole rings is 1. The van der Waals surface area contributed by atoms with Gasteiger partial charge >= 0.3 is 5.69 Å². The summed E-state index contributed by atoms with van der Waals surface area (Å²) in [6, 6.07) is 7.56. The Morgan fingerprint density at radius 3 is 2.58 bits per heavy atom. The Morgan fingerprint density at radius 2 is 1.96 bits per heavy atom. The molecule has 9 heteroatoms. The summed E-state index contributed by atoms with van der Waals surface area (Å²) in [5.74, 6) is 0. The number of benzene rings is 1. The highest BCUT2D eigenvalue weighted by molar-refractivity contribution is 5.96. The molecule has 0 spiro atoms. The van der Waals surface area contributed by atoms with Gasteiger partial charge in [-0.25, -0.2) is 4.79 Å². The number of rotatable bonds is 5. The molecular formula is C17H21N7O2. The molecule has 0 fully saturated rings. The average molecular weight is 355 g/mol. The van der Waals surface area contributed by atoms with Crippen molar-refractivity contribution in [1.82, 2.24) is 29.6 Å². The third kappa shape index (κ3) is 3.28. The van der Waals surface area contributed by atoms with E-state index in [9.17, 15) is 4.79 Å². The van der Waals surface area contributed by atoms with E-state index in [2.05, 4.69) is 20.7 Å². The second-order valence-electron chi connectivity index (χ2n) is 6.11. The summed E-state index contributed by atoms with van der Waals surface area (Å²) >= 11 is 0. The smallest absolute Gasteiger partial charge is 0.368 e. The molecule has 3 rings (SSSR count). The number of hydrogen-bond acceptors (Lipinski definition) is 6. The van der Waals surface area contributed by atoms with Crippen molar-refractivity contribution < 1.29 is 4.84 Å². The Labute approximate surface area is 150 Å². The van der Waals surface area contributed by atoms with Gasteiger partial charge < -0.3 is 4.84 Å². The zero-order valence-corrected chi connectivity index (χ0v) is 15.5. The van der Waals surface area contributed by atoms with Gasteiger partial charge in [0, 0.05) is 25.4 Å². The van der Waals surface area contributed by atoms with Gasteiger partial charge in [-0.1, -0.05) is 17.3 Å². The van der Waals surface area contributed by atoms with Crippen LogP contribution in [0.15, 0.2) is 34.2 Å². The van der Waals surface area contributed by atoms with Crippen molar-refractivity contribution >= 4 is 5.71 Å². The van der Waals surface area contributed by atoms with Crippen molar-refractivity contribution in [3.8, 4) is 5.69 Å². The first kappa shape index (κ1) is 17.6. The van der Waals surface area contributed by atoms with Gasteiger partial charge in [-0.2, -0.15) is 14.5 Å². The lowest BCUT2D eigenvalue weighted by molar-refractivity contribution is 0.130. The second-order valence-corrected chi connectivity index (χ2v) is 6.11. The molecule has 0 N–H and O–H groups in total. The molecule has 2 aromatic heterocycles. The zero-order valence-electron chi connectivity index (χ0n) is 15.5. The van der Waals surface area contributed by atoms with E-state index in [1.165, 1.54) is 9.36 Å². The van der Waals surface area contributed by atoms with Crippen LogP contribution in [-0.2, 0) is 25.5 Å². The first-order valence-electron chi connectivity index (χ1n) is 8.14. The summed E-state index contributed by atoms with van der Waals surface area (Å²) in [7, 11) is 3.44. The van der Waals surface area contributed by atoms with Crippen LogP contribution in [0, 0.1) is 13.8 Å². The number of nitrogens with zero attached hydrogens (tertiary/aromatic N) is 7. The van der Waals surface area contributed by atoms with Crippen LogP contribution >= 0.6 is 0 Å². The normalized spacial score (nSPS) is 11.8. The minimum Gasteiger partial charge on any atom is -0.391 e. The van der Waals surface area contributed by atoms with Crippen LogP contribution in [0.5, 0.6) is 0 Å². The molecule has 0 atom stereocenters. The van der Waals surface area contributed by atoms with Gasteiger partial charge in [-0.15, -0.1) is 0 Å². The van der Waals surface area contributed by atoms with Crippen LogP contribution in [0.1, 0.15) is 29.4 Å². The first-order valence-corrected chi connectivity index (χ1v) is 8.14. The molecule has 0 aliphatic rings. The molecule has 3 aromatic rings. The van der Waals surface area contributed by atoms with E-state index >= 15 is 0 Å². The molecule has 136 valence electrons. The quantitative estimate of drug-likeness (QED) is 0.507. The standard InChI is InChI=1S/C17H21N7O2/c1-11-7-6-8-16(24-17(25)23(5)20-21-24)14(11)10-26-19-13(3)15-9-12(2)22(4)18-15/h6-9H,10H2,1-5H3. The van der Waals surface area contributed by atoms with E-state index in [1.54, 1.807) is 17.8 Å². The molecule has 0 saturated carbocycles. The fraction of sp³-hybridized carbons (Fsp3) is 0.353. The predicted octanol–water partition coefficient (Wildman–Crippen LogP) is 1.26. The van der Waals surface area contributed by atoms with Gasteiger partial charge in [0.25, 0.3) is 0 Å². The molecule has 0 bridgehead atoms. The van der Waals surface area contributed by atoms with E-state index in [0.717, 1.165) is 22.5 Å². The highest BCUT2D eigenvalue weighted by atomic mass is 16.6. The summed E-state index contributed by atoms with van der Waals surface area (Å²) in [6.45, 7) is 5.97. The maximum absolute atomic E-state index is 12.2. The fourth-order valence-electron chi connectivity index (χ4n) is 2.52. The van der Waals surface area contributed by atoms with Crippen LogP contribution in [0.4, 0.5) is 0 Å².